The summed E-state index contributed by atoms with van der Waals surface area (Å²) in [7, 11) is 0. The van der Waals surface area contributed by atoms with Crippen LogP contribution in [0.4, 0.5) is 0 Å². The average molecular weight is 639 g/mol. The Balaban J connectivity index is 1.30. The summed E-state index contributed by atoms with van der Waals surface area (Å²) in [6.07, 6.45) is 33.6. The van der Waals surface area contributed by atoms with E-state index in [9.17, 15) is 4.79 Å². The molecule has 0 spiro atoms. The minimum absolute atomic E-state index is 0.0994. The molecule has 4 aliphatic rings. The maximum Gasteiger partial charge on any atom is 0.306 e. The molecule has 0 bridgehead atoms. The van der Waals surface area contributed by atoms with Gasteiger partial charge < -0.3 is 4.74 Å². The summed E-state index contributed by atoms with van der Waals surface area (Å²) >= 11 is 0. The van der Waals surface area contributed by atoms with Gasteiger partial charge >= 0.3 is 5.97 Å². The van der Waals surface area contributed by atoms with Crippen molar-refractivity contribution < 1.29 is 9.53 Å². The number of carbonyl (C=O) groups excluding carboxylic acids is 1. The highest BCUT2D eigenvalue weighted by Crippen LogP contribution is 2.67. The van der Waals surface area contributed by atoms with Gasteiger partial charge in [-0.1, -0.05) is 144 Å². The largest absolute Gasteiger partial charge is 0.462 e. The molecule has 0 aromatic rings. The van der Waals surface area contributed by atoms with Crippen molar-refractivity contribution in [2.24, 2.45) is 52.3 Å². The molecule has 0 N–H and O–H groups in total. The zero-order chi connectivity index (χ0) is 33.2. The monoisotopic (exact) mass is 639 g/mol. The number of carbonyl (C=O) groups is 1. The van der Waals surface area contributed by atoms with Crippen LogP contribution in [0, 0.1) is 52.3 Å². The zero-order valence-electron chi connectivity index (χ0n) is 32.0. The summed E-state index contributed by atoms with van der Waals surface area (Å²) in [6.45, 7) is 17.3. The van der Waals surface area contributed by atoms with Crippen LogP contribution in [0.15, 0.2) is 11.6 Å². The Hall–Kier alpha value is -0.790. The van der Waals surface area contributed by atoms with Crippen molar-refractivity contribution in [3.05, 3.63) is 11.6 Å². The van der Waals surface area contributed by atoms with Gasteiger partial charge in [-0.2, -0.15) is 0 Å². The molecular formula is C44H78O2. The molecule has 9 atom stereocenters. The van der Waals surface area contributed by atoms with Crippen LogP contribution in [0.5, 0.6) is 0 Å². The standard InChI is InChI=1S/C44H78O2/c1-8-10-12-14-15-17-22-35(21-16-13-11-9-2)31-42(45)46-37-27-29-43(6)36(32-37)23-24-38-40-26-25-39(34(5)20-18-19-33(3)4)44(40,7)30-28-41(38)43/h23,33-35,37-41H,8-22,24-32H2,1-7H3/t34-,35?,37+,38+,39-,40+,41+,43+,44-/m1/s1. The molecule has 0 heterocycles. The van der Waals surface area contributed by atoms with Crippen LogP contribution in [0.1, 0.15) is 203 Å². The Morgan fingerprint density at radius 3 is 2.15 bits per heavy atom. The third-order valence-corrected chi connectivity index (χ3v) is 14.4. The first kappa shape index (κ1) is 38.0. The van der Waals surface area contributed by atoms with Gasteiger partial charge in [-0.3, -0.25) is 4.79 Å². The van der Waals surface area contributed by atoms with Gasteiger partial charge in [0.25, 0.3) is 0 Å². The van der Waals surface area contributed by atoms with Gasteiger partial charge in [0.2, 0.25) is 0 Å². The number of esters is 1. The second kappa shape index (κ2) is 18.3. The van der Waals surface area contributed by atoms with Crippen LogP contribution >= 0.6 is 0 Å². The van der Waals surface area contributed by atoms with Gasteiger partial charge in [0.05, 0.1) is 0 Å². The van der Waals surface area contributed by atoms with E-state index in [0.29, 0.717) is 23.2 Å². The molecule has 3 saturated carbocycles. The molecule has 0 aliphatic heterocycles. The first-order chi connectivity index (χ1) is 22.1. The molecule has 0 aromatic carbocycles. The lowest BCUT2D eigenvalue weighted by Crippen LogP contribution is -2.51. The Labute approximate surface area is 287 Å². The van der Waals surface area contributed by atoms with Crippen molar-refractivity contribution in [3.8, 4) is 0 Å². The molecule has 3 fully saturated rings. The minimum atomic E-state index is 0.0994. The number of fused-ring (bicyclic) bond motifs is 5. The van der Waals surface area contributed by atoms with Crippen LogP contribution < -0.4 is 0 Å². The van der Waals surface area contributed by atoms with Crippen LogP contribution in [0.25, 0.3) is 0 Å². The minimum Gasteiger partial charge on any atom is -0.462 e. The van der Waals surface area contributed by atoms with Crippen LogP contribution in [-0.4, -0.2) is 12.1 Å². The average Bonchev–Trinajstić information content (AvgIpc) is 3.38. The van der Waals surface area contributed by atoms with E-state index in [0.717, 1.165) is 48.3 Å². The summed E-state index contributed by atoms with van der Waals surface area (Å²) in [5.41, 5.74) is 2.53. The molecule has 1 unspecified atom stereocenters. The molecule has 0 amide bonds. The van der Waals surface area contributed by atoms with Crippen molar-refractivity contribution >= 4 is 5.97 Å². The summed E-state index contributed by atoms with van der Waals surface area (Å²) in [5, 5.41) is 0. The predicted octanol–water partition coefficient (Wildman–Crippen LogP) is 13.7. The van der Waals surface area contributed by atoms with Crippen molar-refractivity contribution in [3.63, 3.8) is 0 Å². The van der Waals surface area contributed by atoms with E-state index in [4.69, 9.17) is 4.74 Å². The van der Waals surface area contributed by atoms with Crippen LogP contribution in [-0.2, 0) is 9.53 Å². The summed E-state index contributed by atoms with van der Waals surface area (Å²) in [4.78, 5) is 13.4. The van der Waals surface area contributed by atoms with E-state index in [-0.39, 0.29) is 12.1 Å². The van der Waals surface area contributed by atoms with E-state index in [1.807, 2.05) is 0 Å². The number of hydrogen-bond donors (Lipinski definition) is 0. The normalized spacial score (nSPS) is 33.6. The quantitative estimate of drug-likeness (QED) is 0.0753. The second-order valence-electron chi connectivity index (χ2n) is 18.1. The van der Waals surface area contributed by atoms with Crippen LogP contribution in [0.3, 0.4) is 0 Å². The molecule has 2 nitrogen and oxygen atoms in total. The predicted molar refractivity (Wildman–Crippen MR) is 198 cm³/mol. The number of rotatable bonds is 20. The van der Waals surface area contributed by atoms with Gasteiger partial charge in [-0.15, -0.1) is 0 Å². The number of unbranched alkanes of at least 4 members (excludes halogenated alkanes) is 8. The topological polar surface area (TPSA) is 26.3 Å². The van der Waals surface area contributed by atoms with E-state index in [2.05, 4.69) is 54.5 Å². The fourth-order valence-corrected chi connectivity index (χ4v) is 11.6. The Kier molecular flexibility index (Phi) is 15.1. The summed E-state index contributed by atoms with van der Waals surface area (Å²) < 4.78 is 6.33. The zero-order valence-corrected chi connectivity index (χ0v) is 32.0. The summed E-state index contributed by atoms with van der Waals surface area (Å²) in [6, 6.07) is 0. The molecule has 0 aromatic heterocycles. The fourth-order valence-electron chi connectivity index (χ4n) is 11.6. The second-order valence-corrected chi connectivity index (χ2v) is 18.1. The van der Waals surface area contributed by atoms with Gasteiger partial charge in [0.1, 0.15) is 6.10 Å². The van der Waals surface area contributed by atoms with Crippen molar-refractivity contribution in [2.75, 3.05) is 0 Å². The van der Waals surface area contributed by atoms with E-state index in [1.165, 1.54) is 135 Å². The van der Waals surface area contributed by atoms with Crippen molar-refractivity contribution in [1.29, 1.82) is 0 Å². The van der Waals surface area contributed by atoms with Crippen LogP contribution in [0.2, 0.25) is 0 Å². The lowest BCUT2D eigenvalue weighted by atomic mass is 9.47. The smallest absolute Gasteiger partial charge is 0.306 e. The highest BCUT2D eigenvalue weighted by atomic mass is 16.5. The maximum atomic E-state index is 13.4. The van der Waals surface area contributed by atoms with E-state index < -0.39 is 0 Å². The highest BCUT2D eigenvalue weighted by Gasteiger charge is 2.59. The fraction of sp³-hybridized carbons (Fsp3) is 0.932. The molecule has 2 heteroatoms. The van der Waals surface area contributed by atoms with E-state index in [1.54, 1.807) is 5.57 Å². The molecule has 0 radical (unpaired) electrons. The molecule has 0 saturated heterocycles. The van der Waals surface area contributed by atoms with Gasteiger partial charge in [0, 0.05) is 12.8 Å². The third kappa shape index (κ3) is 9.67. The SMILES string of the molecule is CCCCCCCCC(CCCCCC)CC(=O)O[C@H]1CC[C@@]2(C)C(=CC[C@H]3[C@@H]4CC[C@H]([C@H](C)CCCC(C)C)[C@@]4(C)CC[C@@H]32)C1. The lowest BCUT2D eigenvalue weighted by molar-refractivity contribution is -0.152. The highest BCUT2D eigenvalue weighted by molar-refractivity contribution is 5.70. The lowest BCUT2D eigenvalue weighted by Gasteiger charge is -2.58. The van der Waals surface area contributed by atoms with Gasteiger partial charge in [0.15, 0.2) is 0 Å². The summed E-state index contributed by atoms with van der Waals surface area (Å²) in [5.74, 6) is 5.88. The first-order valence-electron chi connectivity index (χ1n) is 21.0. The number of hydrogen-bond acceptors (Lipinski definition) is 2. The Morgan fingerprint density at radius 1 is 0.783 bits per heavy atom. The third-order valence-electron chi connectivity index (χ3n) is 14.4. The first-order valence-corrected chi connectivity index (χ1v) is 21.0. The van der Waals surface area contributed by atoms with E-state index >= 15 is 0 Å². The molecule has 4 aliphatic carbocycles. The van der Waals surface area contributed by atoms with Crippen molar-refractivity contribution in [2.45, 2.75) is 209 Å². The van der Waals surface area contributed by atoms with Gasteiger partial charge in [-0.25, -0.2) is 0 Å². The van der Waals surface area contributed by atoms with Gasteiger partial charge in [-0.05, 0) is 110 Å². The van der Waals surface area contributed by atoms with Crippen molar-refractivity contribution in [1.82, 2.24) is 0 Å². The molecule has 46 heavy (non-hydrogen) atoms. The Morgan fingerprint density at radius 2 is 1.46 bits per heavy atom. The number of allylic oxidation sites excluding steroid dienone is 1. The Bertz CT molecular complexity index is 934. The molecular weight excluding hydrogens is 560 g/mol. The number of ether oxygens (including phenoxy) is 1. The molecule has 4 rings (SSSR count). The molecule has 266 valence electrons. The maximum absolute atomic E-state index is 13.4.